The van der Waals surface area contributed by atoms with Crippen molar-refractivity contribution in [1.82, 2.24) is 14.9 Å². The highest BCUT2D eigenvalue weighted by Crippen LogP contribution is 2.48. The lowest BCUT2D eigenvalue weighted by Gasteiger charge is -2.30. The Hall–Kier alpha value is -2.34. The van der Waals surface area contributed by atoms with E-state index < -0.39 is 17.5 Å². The number of aromatic nitrogens is 3. The van der Waals surface area contributed by atoms with Gasteiger partial charge in [0.15, 0.2) is 5.76 Å². The first-order chi connectivity index (χ1) is 12.1. The van der Waals surface area contributed by atoms with Crippen molar-refractivity contribution in [3.05, 3.63) is 23.1 Å². The van der Waals surface area contributed by atoms with Gasteiger partial charge in [0.25, 0.3) is 0 Å². The Balaban J connectivity index is 1.75. The summed E-state index contributed by atoms with van der Waals surface area (Å²) in [6, 6.07) is 2.33. The van der Waals surface area contributed by atoms with Crippen LogP contribution in [0.25, 0.3) is 11.3 Å². The number of alkyl halides is 3. The van der Waals surface area contributed by atoms with Crippen molar-refractivity contribution in [3.8, 4) is 17.4 Å². The van der Waals surface area contributed by atoms with Gasteiger partial charge in [-0.25, -0.2) is 0 Å². The molecule has 2 heterocycles. The molecule has 0 unspecified atom stereocenters. The van der Waals surface area contributed by atoms with Crippen molar-refractivity contribution < 1.29 is 22.8 Å². The lowest BCUT2D eigenvalue weighted by Crippen LogP contribution is -2.40. The van der Waals surface area contributed by atoms with Crippen LogP contribution in [-0.4, -0.2) is 26.2 Å². The Kier molecular flexibility index (Phi) is 3.50. The number of nitriles is 1. The summed E-state index contributed by atoms with van der Waals surface area (Å²) >= 11 is 0. The van der Waals surface area contributed by atoms with Crippen molar-refractivity contribution in [2.45, 2.75) is 56.8 Å². The fourth-order valence-corrected chi connectivity index (χ4v) is 3.69. The van der Waals surface area contributed by atoms with Crippen LogP contribution in [0.3, 0.4) is 0 Å². The second-order valence-corrected chi connectivity index (χ2v) is 7.37. The van der Waals surface area contributed by atoms with Gasteiger partial charge in [-0.15, -0.1) is 0 Å². The molecule has 6 nitrogen and oxygen atoms in total. The van der Waals surface area contributed by atoms with Gasteiger partial charge < -0.3 is 9.63 Å². The van der Waals surface area contributed by atoms with Gasteiger partial charge in [0.2, 0.25) is 5.60 Å². The number of rotatable bonds is 2. The molecule has 0 saturated heterocycles. The largest absolute Gasteiger partial charge is 0.422 e. The molecule has 2 atom stereocenters. The van der Waals surface area contributed by atoms with Crippen LogP contribution in [0.15, 0.2) is 10.7 Å². The van der Waals surface area contributed by atoms with Crippen molar-refractivity contribution in [1.29, 1.82) is 5.26 Å². The first kappa shape index (κ1) is 17.1. The van der Waals surface area contributed by atoms with Gasteiger partial charge in [-0.05, 0) is 32.1 Å². The maximum Gasteiger partial charge on any atom is 0.422 e. The van der Waals surface area contributed by atoms with E-state index >= 15 is 0 Å². The molecule has 1 N–H and O–H groups in total. The van der Waals surface area contributed by atoms with Crippen LogP contribution in [0.2, 0.25) is 0 Å². The van der Waals surface area contributed by atoms with Crippen molar-refractivity contribution in [3.63, 3.8) is 0 Å². The van der Waals surface area contributed by atoms with E-state index in [0.717, 1.165) is 5.69 Å². The second-order valence-electron chi connectivity index (χ2n) is 7.37. The standard InChI is InChI=1S/C17H17F3N4O2/c1-8-3-12-11(7-24(22-12)10-4-9(5-10)6-21)14-13(8)15(23-26-14)16(2,25)17(18,19)20/h7-10,25H,3-5H2,1-2H3/t8-,9?,10?,16+/m0/s1. The summed E-state index contributed by atoms with van der Waals surface area (Å²) in [5.41, 5.74) is -1.95. The summed E-state index contributed by atoms with van der Waals surface area (Å²) in [6.45, 7) is 2.45. The molecule has 0 amide bonds. The third-order valence-corrected chi connectivity index (χ3v) is 5.46. The topological polar surface area (TPSA) is 87.9 Å². The highest BCUT2D eigenvalue weighted by atomic mass is 19.4. The summed E-state index contributed by atoms with van der Waals surface area (Å²) < 4.78 is 46.8. The van der Waals surface area contributed by atoms with Gasteiger partial charge in [-0.3, -0.25) is 4.68 Å². The molecule has 2 aromatic rings. The summed E-state index contributed by atoms with van der Waals surface area (Å²) in [5.74, 6) is -0.0562. The summed E-state index contributed by atoms with van der Waals surface area (Å²) in [4.78, 5) is 0. The quantitative estimate of drug-likeness (QED) is 0.880. The van der Waals surface area contributed by atoms with Crippen LogP contribution in [0.5, 0.6) is 0 Å². The van der Waals surface area contributed by atoms with Crippen molar-refractivity contribution in [2.24, 2.45) is 5.92 Å². The molecular weight excluding hydrogens is 349 g/mol. The summed E-state index contributed by atoms with van der Waals surface area (Å²) in [5, 5.41) is 27.1. The summed E-state index contributed by atoms with van der Waals surface area (Å²) in [7, 11) is 0. The molecule has 0 aliphatic heterocycles. The van der Waals surface area contributed by atoms with E-state index in [1.54, 1.807) is 17.8 Å². The molecule has 2 aromatic heterocycles. The van der Waals surface area contributed by atoms with E-state index in [4.69, 9.17) is 9.78 Å². The normalized spacial score (nSPS) is 27.0. The fourth-order valence-electron chi connectivity index (χ4n) is 3.69. The molecule has 2 aliphatic rings. The number of halogens is 3. The molecule has 138 valence electrons. The Morgan fingerprint density at radius 2 is 2.08 bits per heavy atom. The Bertz CT molecular complexity index is 900. The smallest absolute Gasteiger partial charge is 0.375 e. The molecule has 4 rings (SSSR count). The minimum Gasteiger partial charge on any atom is -0.375 e. The predicted octanol–water partition coefficient (Wildman–Crippen LogP) is 3.44. The number of aliphatic hydroxyl groups is 1. The minimum absolute atomic E-state index is 0.0227. The van der Waals surface area contributed by atoms with E-state index in [1.165, 1.54) is 0 Å². The van der Waals surface area contributed by atoms with E-state index in [2.05, 4.69) is 16.3 Å². The van der Waals surface area contributed by atoms with Crippen LogP contribution in [0.4, 0.5) is 13.2 Å². The van der Waals surface area contributed by atoms with Gasteiger partial charge in [0.05, 0.1) is 29.3 Å². The van der Waals surface area contributed by atoms with Crippen LogP contribution in [0.1, 0.15) is 55.6 Å². The van der Waals surface area contributed by atoms with Crippen LogP contribution >= 0.6 is 0 Å². The van der Waals surface area contributed by atoms with E-state index in [9.17, 15) is 18.3 Å². The molecule has 0 aromatic carbocycles. The maximum atomic E-state index is 13.2. The maximum absolute atomic E-state index is 13.2. The molecule has 2 aliphatic carbocycles. The van der Waals surface area contributed by atoms with Crippen LogP contribution < -0.4 is 0 Å². The SMILES string of the molecule is C[C@H]1Cc2nn(C3CC(C#N)C3)cc2-c2onc([C@@](C)(O)C(F)(F)F)c21. The van der Waals surface area contributed by atoms with Crippen molar-refractivity contribution >= 4 is 0 Å². The molecule has 26 heavy (non-hydrogen) atoms. The fraction of sp³-hybridized carbons (Fsp3) is 0.588. The van der Waals surface area contributed by atoms with Gasteiger partial charge >= 0.3 is 6.18 Å². The monoisotopic (exact) mass is 366 g/mol. The van der Waals surface area contributed by atoms with Crippen molar-refractivity contribution in [2.75, 3.05) is 0 Å². The van der Waals surface area contributed by atoms with E-state index in [0.29, 0.717) is 31.7 Å². The molecule has 9 heteroatoms. The number of hydrogen-bond donors (Lipinski definition) is 1. The van der Waals surface area contributed by atoms with Crippen LogP contribution in [0, 0.1) is 17.2 Å². The Morgan fingerprint density at radius 1 is 1.38 bits per heavy atom. The molecule has 0 radical (unpaired) electrons. The van der Waals surface area contributed by atoms with E-state index in [-0.39, 0.29) is 29.2 Å². The zero-order valence-corrected chi connectivity index (χ0v) is 14.2. The first-order valence-electron chi connectivity index (χ1n) is 8.40. The van der Waals surface area contributed by atoms with Crippen LogP contribution in [-0.2, 0) is 12.0 Å². The lowest BCUT2D eigenvalue weighted by molar-refractivity contribution is -0.261. The molecule has 0 bridgehead atoms. The molecular formula is C17H17F3N4O2. The molecule has 0 spiro atoms. The first-order valence-corrected chi connectivity index (χ1v) is 8.40. The Morgan fingerprint density at radius 3 is 2.69 bits per heavy atom. The number of fused-ring (bicyclic) bond motifs is 3. The van der Waals surface area contributed by atoms with Gasteiger partial charge in [0, 0.05) is 11.8 Å². The number of hydrogen-bond acceptors (Lipinski definition) is 5. The number of nitrogens with zero attached hydrogens (tertiary/aromatic N) is 4. The van der Waals surface area contributed by atoms with E-state index in [1.807, 2.05) is 0 Å². The third-order valence-electron chi connectivity index (χ3n) is 5.46. The Labute approximate surface area is 147 Å². The minimum atomic E-state index is -4.86. The zero-order valence-electron chi connectivity index (χ0n) is 14.2. The zero-order chi connectivity index (χ0) is 18.9. The predicted molar refractivity (Wildman–Crippen MR) is 82.8 cm³/mol. The second kappa shape index (κ2) is 5.33. The molecule has 1 fully saturated rings. The summed E-state index contributed by atoms with van der Waals surface area (Å²) in [6.07, 6.45) is -1.25. The highest BCUT2D eigenvalue weighted by molar-refractivity contribution is 5.68. The van der Waals surface area contributed by atoms with Gasteiger partial charge in [0.1, 0.15) is 5.69 Å². The van der Waals surface area contributed by atoms with Gasteiger partial charge in [-0.2, -0.15) is 23.5 Å². The van der Waals surface area contributed by atoms with Gasteiger partial charge in [-0.1, -0.05) is 12.1 Å². The highest BCUT2D eigenvalue weighted by Gasteiger charge is 2.55. The lowest BCUT2D eigenvalue weighted by atomic mass is 9.81. The molecule has 1 saturated carbocycles. The third kappa shape index (κ3) is 2.28. The average Bonchev–Trinajstić information content (AvgIpc) is 3.09. The average molecular weight is 366 g/mol.